The van der Waals surface area contributed by atoms with Crippen LogP contribution < -0.4 is 0 Å². The van der Waals surface area contributed by atoms with E-state index in [2.05, 4.69) is 26.5 Å². The minimum absolute atomic E-state index is 0.251. The molecule has 5 nitrogen and oxygen atoms in total. The zero-order valence-electron chi connectivity index (χ0n) is 16.0. The molecule has 1 aromatic carbocycles. The average Bonchev–Trinajstić information content (AvgIpc) is 3.47. The Balaban J connectivity index is 1.67. The van der Waals surface area contributed by atoms with Crippen molar-refractivity contribution in [3.05, 3.63) is 72.7 Å². The highest BCUT2D eigenvalue weighted by atomic mass is 32.2. The first-order valence-electron chi connectivity index (χ1n) is 9.58. The van der Waals surface area contributed by atoms with Crippen molar-refractivity contribution < 1.29 is 4.39 Å². The van der Waals surface area contributed by atoms with E-state index in [1.165, 1.54) is 23.9 Å². The van der Waals surface area contributed by atoms with Crippen molar-refractivity contribution in [2.75, 3.05) is 6.26 Å². The van der Waals surface area contributed by atoms with Crippen molar-refractivity contribution in [2.45, 2.75) is 30.6 Å². The summed E-state index contributed by atoms with van der Waals surface area (Å²) in [6.07, 6.45) is 9.89. The average molecular weight is 406 g/mol. The Bertz CT molecular complexity index is 1130. The smallest absolute Gasteiger partial charge is 0.187 e. The highest BCUT2D eigenvalue weighted by Gasteiger charge is 2.31. The highest BCUT2D eigenvalue weighted by Crippen LogP contribution is 2.39. The molecule has 4 heterocycles. The first kappa shape index (κ1) is 18.1. The maximum atomic E-state index is 13.5. The molecule has 0 aliphatic carbocycles. The molecule has 146 valence electrons. The summed E-state index contributed by atoms with van der Waals surface area (Å²) in [7, 11) is 0. The molecule has 0 bridgehead atoms. The Kier molecular flexibility index (Phi) is 4.67. The van der Waals surface area contributed by atoms with E-state index in [0.717, 1.165) is 53.0 Å². The molecule has 0 saturated carbocycles. The predicted molar refractivity (Wildman–Crippen MR) is 112 cm³/mol. The number of imidazole rings is 1. The van der Waals surface area contributed by atoms with Crippen LogP contribution in [0.1, 0.15) is 18.3 Å². The van der Waals surface area contributed by atoms with Gasteiger partial charge < -0.3 is 9.13 Å². The van der Waals surface area contributed by atoms with Gasteiger partial charge in [0.05, 0.1) is 23.1 Å². The van der Waals surface area contributed by atoms with Crippen molar-refractivity contribution in [3.8, 4) is 22.6 Å². The third-order valence-electron chi connectivity index (χ3n) is 5.31. The molecule has 0 N–H and O–H groups in total. The lowest BCUT2D eigenvalue weighted by Crippen LogP contribution is -2.13. The van der Waals surface area contributed by atoms with Crippen LogP contribution in [0.2, 0.25) is 0 Å². The molecule has 1 aliphatic rings. The Hall–Kier alpha value is -2.93. The summed E-state index contributed by atoms with van der Waals surface area (Å²) in [5, 5.41) is 0.725. The fourth-order valence-corrected chi connectivity index (χ4v) is 4.36. The quantitative estimate of drug-likeness (QED) is 0.352. The Morgan fingerprint density at radius 3 is 2.66 bits per heavy atom. The minimum atomic E-state index is -0.251. The van der Waals surface area contributed by atoms with Gasteiger partial charge in [0.1, 0.15) is 11.6 Å². The van der Waals surface area contributed by atoms with Crippen molar-refractivity contribution >= 4 is 11.8 Å². The predicted octanol–water partition coefficient (Wildman–Crippen LogP) is 4.86. The lowest BCUT2D eigenvalue weighted by atomic mass is 10.1. The fraction of sp³-hybridized carbons (Fsp3) is 0.227. The van der Waals surface area contributed by atoms with E-state index in [-0.39, 0.29) is 5.82 Å². The zero-order valence-corrected chi connectivity index (χ0v) is 16.8. The first-order chi connectivity index (χ1) is 14.2. The number of hydrogen-bond donors (Lipinski definition) is 0. The molecule has 1 aliphatic heterocycles. The van der Waals surface area contributed by atoms with E-state index in [1.807, 2.05) is 24.5 Å². The number of aromatic nitrogens is 5. The van der Waals surface area contributed by atoms with Gasteiger partial charge >= 0.3 is 0 Å². The summed E-state index contributed by atoms with van der Waals surface area (Å²) in [4.78, 5) is 14.0. The van der Waals surface area contributed by atoms with Gasteiger partial charge in [-0.25, -0.2) is 19.3 Å². The molecule has 1 atom stereocenters. The van der Waals surface area contributed by atoms with Crippen LogP contribution in [0.25, 0.3) is 22.6 Å². The van der Waals surface area contributed by atoms with E-state index < -0.39 is 0 Å². The summed E-state index contributed by atoms with van der Waals surface area (Å²) < 4.78 is 18.0. The maximum Gasteiger partial charge on any atom is 0.187 e. The molecule has 0 fully saturated rings. The molecule has 7 heteroatoms. The van der Waals surface area contributed by atoms with Crippen molar-refractivity contribution in [1.82, 2.24) is 24.1 Å². The number of rotatable bonds is 5. The molecule has 0 radical (unpaired) electrons. The number of hydrogen-bond acceptors (Lipinski definition) is 4. The maximum absolute atomic E-state index is 13.5. The van der Waals surface area contributed by atoms with Crippen LogP contribution in [0.15, 0.2) is 66.2 Å². The standard InChI is InChI=1S/C22H20FN5S/c1-29-22-24-11-10-18(25-22)21-20(15-4-6-16(23)7-5-15)26-19-9-8-17(28(19)21)14-27-12-2-3-13-27/h2-7,10-13,17H,8-9,14H2,1H3. The van der Waals surface area contributed by atoms with E-state index >= 15 is 0 Å². The first-order valence-corrected chi connectivity index (χ1v) is 10.8. The SMILES string of the molecule is CSc1nccc(-c2c(-c3ccc(F)cc3)nc3n2C(Cn2cccc2)CC3)n1. The number of fused-ring (bicyclic) bond motifs is 1. The van der Waals surface area contributed by atoms with Gasteiger partial charge in [-0.1, -0.05) is 11.8 Å². The Morgan fingerprint density at radius 1 is 1.10 bits per heavy atom. The van der Waals surface area contributed by atoms with Crippen LogP contribution in [0, 0.1) is 5.82 Å². The summed E-state index contributed by atoms with van der Waals surface area (Å²) in [6, 6.07) is 12.8. The van der Waals surface area contributed by atoms with Crippen molar-refractivity contribution in [3.63, 3.8) is 0 Å². The van der Waals surface area contributed by atoms with Crippen LogP contribution in [0.3, 0.4) is 0 Å². The second-order valence-corrected chi connectivity index (χ2v) is 7.88. The van der Waals surface area contributed by atoms with Gasteiger partial charge in [-0.15, -0.1) is 0 Å². The summed E-state index contributed by atoms with van der Waals surface area (Å²) in [6.45, 7) is 0.882. The van der Waals surface area contributed by atoms with E-state index in [9.17, 15) is 4.39 Å². The van der Waals surface area contributed by atoms with Crippen LogP contribution >= 0.6 is 11.8 Å². The number of aryl methyl sites for hydroxylation is 1. The number of nitrogens with zero attached hydrogens (tertiary/aromatic N) is 5. The summed E-state index contributed by atoms with van der Waals surface area (Å²) in [5.74, 6) is 0.806. The summed E-state index contributed by atoms with van der Waals surface area (Å²) >= 11 is 1.52. The second-order valence-electron chi connectivity index (χ2n) is 7.10. The summed E-state index contributed by atoms with van der Waals surface area (Å²) in [5.41, 5.74) is 3.58. The number of halogens is 1. The molecule has 0 saturated heterocycles. The van der Waals surface area contributed by atoms with Crippen LogP contribution in [-0.2, 0) is 13.0 Å². The van der Waals surface area contributed by atoms with Gasteiger partial charge in [-0.3, -0.25) is 0 Å². The molecule has 0 amide bonds. The third-order valence-corrected chi connectivity index (χ3v) is 5.88. The van der Waals surface area contributed by atoms with Crippen LogP contribution in [-0.4, -0.2) is 30.3 Å². The number of thioether (sulfide) groups is 1. The molecule has 29 heavy (non-hydrogen) atoms. The largest absolute Gasteiger partial charge is 0.352 e. The zero-order chi connectivity index (χ0) is 19.8. The normalized spacial score (nSPS) is 15.6. The molecule has 1 unspecified atom stereocenters. The van der Waals surface area contributed by atoms with Gasteiger partial charge in [0.15, 0.2) is 5.16 Å². The Labute approximate surface area is 172 Å². The molecule has 3 aromatic heterocycles. The van der Waals surface area contributed by atoms with E-state index in [0.29, 0.717) is 6.04 Å². The van der Waals surface area contributed by atoms with Gasteiger partial charge in [0.2, 0.25) is 0 Å². The number of benzene rings is 1. The lowest BCUT2D eigenvalue weighted by molar-refractivity contribution is 0.452. The van der Waals surface area contributed by atoms with Gasteiger partial charge in [-0.2, -0.15) is 0 Å². The lowest BCUT2D eigenvalue weighted by Gasteiger charge is -2.18. The van der Waals surface area contributed by atoms with Gasteiger partial charge in [-0.05, 0) is 55.1 Å². The fourth-order valence-electron chi connectivity index (χ4n) is 4.01. The van der Waals surface area contributed by atoms with Crippen molar-refractivity contribution in [1.29, 1.82) is 0 Å². The van der Waals surface area contributed by atoms with Crippen molar-refractivity contribution in [2.24, 2.45) is 0 Å². The topological polar surface area (TPSA) is 48.5 Å². The second kappa shape index (κ2) is 7.48. The van der Waals surface area contributed by atoms with Crippen LogP contribution in [0.5, 0.6) is 0 Å². The van der Waals surface area contributed by atoms with E-state index in [4.69, 9.17) is 9.97 Å². The molecule has 4 aromatic rings. The molecule has 5 rings (SSSR count). The molecule has 0 spiro atoms. The highest BCUT2D eigenvalue weighted by molar-refractivity contribution is 7.98. The van der Waals surface area contributed by atoms with E-state index in [1.54, 1.807) is 18.3 Å². The Morgan fingerprint density at radius 2 is 1.90 bits per heavy atom. The minimum Gasteiger partial charge on any atom is -0.352 e. The van der Waals surface area contributed by atoms with Gasteiger partial charge in [0.25, 0.3) is 0 Å². The molecular formula is C22H20FN5S. The monoisotopic (exact) mass is 405 g/mol. The van der Waals surface area contributed by atoms with Crippen LogP contribution in [0.4, 0.5) is 4.39 Å². The van der Waals surface area contributed by atoms with Gasteiger partial charge in [0, 0.05) is 37.1 Å². The molecular weight excluding hydrogens is 385 g/mol. The third kappa shape index (κ3) is 3.35.